The second-order valence-electron chi connectivity index (χ2n) is 6.65. The van der Waals surface area contributed by atoms with Crippen molar-refractivity contribution < 1.29 is 0 Å². The van der Waals surface area contributed by atoms with E-state index in [1.807, 2.05) is 43.5 Å². The first kappa shape index (κ1) is 18.0. The van der Waals surface area contributed by atoms with Gasteiger partial charge in [-0.05, 0) is 74.1 Å². The first-order valence-corrected chi connectivity index (χ1v) is 9.80. The number of likely N-dealkylation sites (N-methyl/N-ethyl adjacent to an activating group) is 1. The number of halogens is 1. The van der Waals surface area contributed by atoms with E-state index < -0.39 is 0 Å². The molecular formula is C21H21ClN4S. The quantitative estimate of drug-likeness (QED) is 0.640. The number of rotatable bonds is 4. The van der Waals surface area contributed by atoms with Gasteiger partial charge in [-0.1, -0.05) is 17.7 Å². The van der Waals surface area contributed by atoms with Gasteiger partial charge >= 0.3 is 0 Å². The fraction of sp³-hybridized carbons (Fsp3) is 0.238. The molecule has 27 heavy (non-hydrogen) atoms. The number of hydrogen-bond acceptors (Lipinski definition) is 2. The molecule has 2 aromatic heterocycles. The standard InChI is InChI=1S/C21H21ClN4S/c1-3-25-20(19(24-21(25)27)17-7-4-5-11-23-17)18-8-6-12-26(18)15-9-10-16(22)14(2)13-15/h4-13,19-20H,3H2,1-2H3,(H,24,27)/t19-,20+/m0/s1. The Bertz CT molecular complexity index is 969. The van der Waals surface area contributed by atoms with Gasteiger partial charge in [-0.2, -0.15) is 0 Å². The molecule has 0 radical (unpaired) electrons. The number of aryl methyl sites for hydroxylation is 1. The Labute approximate surface area is 169 Å². The average molecular weight is 397 g/mol. The van der Waals surface area contributed by atoms with Crippen LogP contribution in [0.4, 0.5) is 0 Å². The molecule has 0 bridgehead atoms. The molecule has 3 heterocycles. The lowest BCUT2D eigenvalue weighted by Crippen LogP contribution is -2.30. The number of thiocarbonyl (C=S) groups is 1. The zero-order valence-corrected chi connectivity index (χ0v) is 16.8. The molecule has 6 heteroatoms. The van der Waals surface area contributed by atoms with E-state index in [1.165, 1.54) is 5.69 Å². The number of benzene rings is 1. The molecule has 1 N–H and O–H groups in total. The van der Waals surface area contributed by atoms with Crippen molar-refractivity contribution in [1.29, 1.82) is 0 Å². The molecule has 0 saturated carbocycles. The fourth-order valence-corrected chi connectivity index (χ4v) is 4.20. The zero-order chi connectivity index (χ0) is 19.0. The van der Waals surface area contributed by atoms with Crippen LogP contribution in [0.15, 0.2) is 60.9 Å². The van der Waals surface area contributed by atoms with Crippen molar-refractivity contribution in [2.75, 3.05) is 6.54 Å². The number of hydrogen-bond donors (Lipinski definition) is 1. The monoisotopic (exact) mass is 396 g/mol. The van der Waals surface area contributed by atoms with Gasteiger partial charge in [-0.25, -0.2) is 0 Å². The van der Waals surface area contributed by atoms with Crippen molar-refractivity contribution in [1.82, 2.24) is 19.8 Å². The van der Waals surface area contributed by atoms with Crippen molar-refractivity contribution in [3.8, 4) is 5.69 Å². The van der Waals surface area contributed by atoms with Crippen LogP contribution in [0.25, 0.3) is 5.69 Å². The van der Waals surface area contributed by atoms with Crippen molar-refractivity contribution in [2.24, 2.45) is 0 Å². The summed E-state index contributed by atoms with van der Waals surface area (Å²) in [5.74, 6) is 0. The van der Waals surface area contributed by atoms with Crippen molar-refractivity contribution in [3.05, 3.63) is 82.9 Å². The van der Waals surface area contributed by atoms with E-state index >= 15 is 0 Å². The molecule has 138 valence electrons. The molecule has 4 rings (SSSR count). The maximum atomic E-state index is 6.22. The summed E-state index contributed by atoms with van der Waals surface area (Å²) >= 11 is 11.8. The first-order chi connectivity index (χ1) is 13.1. The van der Waals surface area contributed by atoms with Gasteiger partial charge in [0.15, 0.2) is 5.11 Å². The highest BCUT2D eigenvalue weighted by atomic mass is 35.5. The SMILES string of the molecule is CCN1C(=S)N[C@@H](c2ccccn2)[C@H]1c1cccn1-c1ccc(Cl)c(C)c1. The molecule has 3 aromatic rings. The molecule has 0 amide bonds. The van der Waals surface area contributed by atoms with Gasteiger partial charge in [-0.15, -0.1) is 0 Å². The van der Waals surface area contributed by atoms with E-state index in [2.05, 4.69) is 51.1 Å². The Balaban J connectivity index is 1.81. The topological polar surface area (TPSA) is 33.1 Å². The van der Waals surface area contributed by atoms with Gasteiger partial charge in [0.2, 0.25) is 0 Å². The lowest BCUT2D eigenvalue weighted by atomic mass is 10.0. The van der Waals surface area contributed by atoms with Gasteiger partial charge in [0, 0.05) is 35.3 Å². The Kier molecular flexibility index (Phi) is 4.89. The normalized spacial score (nSPS) is 19.4. The largest absolute Gasteiger partial charge is 0.352 e. The van der Waals surface area contributed by atoms with Gasteiger partial charge in [-0.3, -0.25) is 4.98 Å². The second kappa shape index (κ2) is 7.33. The lowest BCUT2D eigenvalue weighted by molar-refractivity contribution is 0.321. The van der Waals surface area contributed by atoms with E-state index in [4.69, 9.17) is 23.8 Å². The van der Waals surface area contributed by atoms with Crippen LogP contribution in [0.5, 0.6) is 0 Å². The third-order valence-electron chi connectivity index (χ3n) is 5.04. The maximum Gasteiger partial charge on any atom is 0.170 e. The third kappa shape index (κ3) is 3.22. The molecule has 1 saturated heterocycles. The first-order valence-electron chi connectivity index (χ1n) is 9.02. The number of nitrogens with one attached hydrogen (secondary N) is 1. The van der Waals surface area contributed by atoms with E-state index in [0.717, 1.165) is 33.6 Å². The summed E-state index contributed by atoms with van der Waals surface area (Å²) < 4.78 is 2.21. The summed E-state index contributed by atoms with van der Waals surface area (Å²) in [6.07, 6.45) is 3.91. The molecule has 1 aliphatic heterocycles. The third-order valence-corrected chi connectivity index (χ3v) is 5.82. The molecule has 0 aliphatic carbocycles. The van der Waals surface area contributed by atoms with Crippen LogP contribution in [-0.4, -0.2) is 26.1 Å². The molecule has 2 atom stereocenters. The van der Waals surface area contributed by atoms with E-state index in [1.54, 1.807) is 0 Å². The fourth-order valence-electron chi connectivity index (χ4n) is 3.72. The summed E-state index contributed by atoms with van der Waals surface area (Å²) in [4.78, 5) is 6.80. The highest BCUT2D eigenvalue weighted by Gasteiger charge is 2.40. The minimum atomic E-state index is 0.000646. The number of nitrogens with zero attached hydrogens (tertiary/aromatic N) is 3. The molecule has 4 nitrogen and oxygen atoms in total. The van der Waals surface area contributed by atoms with Gasteiger partial charge in [0.1, 0.15) is 0 Å². The summed E-state index contributed by atoms with van der Waals surface area (Å²) in [5, 5.41) is 5.01. The summed E-state index contributed by atoms with van der Waals surface area (Å²) in [7, 11) is 0. The van der Waals surface area contributed by atoms with Crippen LogP contribution in [-0.2, 0) is 0 Å². The average Bonchev–Trinajstić information content (AvgIpc) is 3.28. The van der Waals surface area contributed by atoms with Gasteiger partial charge in [0.05, 0.1) is 17.8 Å². The van der Waals surface area contributed by atoms with E-state index in [9.17, 15) is 0 Å². The minimum Gasteiger partial charge on any atom is -0.352 e. The Morgan fingerprint density at radius 1 is 1.19 bits per heavy atom. The summed E-state index contributed by atoms with van der Waals surface area (Å²) in [6, 6.07) is 16.4. The molecule has 1 fully saturated rings. The second-order valence-corrected chi connectivity index (χ2v) is 7.44. The predicted octanol–water partition coefficient (Wildman–Crippen LogP) is 4.83. The van der Waals surface area contributed by atoms with Gasteiger partial charge in [0.25, 0.3) is 0 Å². The minimum absolute atomic E-state index is 0.000646. The van der Waals surface area contributed by atoms with Crippen LogP contribution in [0.3, 0.4) is 0 Å². The van der Waals surface area contributed by atoms with Crippen LogP contribution in [0.2, 0.25) is 5.02 Å². The van der Waals surface area contributed by atoms with E-state index in [0.29, 0.717) is 0 Å². The number of pyridine rings is 1. The van der Waals surface area contributed by atoms with Crippen molar-refractivity contribution in [3.63, 3.8) is 0 Å². The molecular weight excluding hydrogens is 376 g/mol. The Hall–Kier alpha value is -2.37. The van der Waals surface area contributed by atoms with Crippen LogP contribution in [0, 0.1) is 6.92 Å². The maximum absolute atomic E-state index is 6.22. The van der Waals surface area contributed by atoms with Crippen molar-refractivity contribution in [2.45, 2.75) is 25.9 Å². The van der Waals surface area contributed by atoms with Gasteiger partial charge < -0.3 is 14.8 Å². The number of aromatic nitrogens is 2. The Morgan fingerprint density at radius 3 is 2.74 bits per heavy atom. The lowest BCUT2D eigenvalue weighted by Gasteiger charge is -2.28. The highest BCUT2D eigenvalue weighted by Crippen LogP contribution is 2.39. The van der Waals surface area contributed by atoms with E-state index in [-0.39, 0.29) is 12.1 Å². The van der Waals surface area contributed by atoms with Crippen LogP contribution in [0.1, 0.15) is 36.0 Å². The van der Waals surface area contributed by atoms with Crippen molar-refractivity contribution >= 4 is 28.9 Å². The predicted molar refractivity (Wildman–Crippen MR) is 113 cm³/mol. The molecule has 1 aliphatic rings. The molecule has 1 aromatic carbocycles. The smallest absolute Gasteiger partial charge is 0.170 e. The Morgan fingerprint density at radius 2 is 2.04 bits per heavy atom. The highest BCUT2D eigenvalue weighted by molar-refractivity contribution is 7.80. The summed E-state index contributed by atoms with van der Waals surface area (Å²) in [5.41, 5.74) is 4.30. The molecule has 0 unspecified atom stereocenters. The summed E-state index contributed by atoms with van der Waals surface area (Å²) in [6.45, 7) is 4.97. The zero-order valence-electron chi connectivity index (χ0n) is 15.3. The van der Waals surface area contributed by atoms with Crippen LogP contribution >= 0.6 is 23.8 Å². The van der Waals surface area contributed by atoms with Crippen LogP contribution < -0.4 is 5.32 Å². The molecule has 0 spiro atoms.